The lowest BCUT2D eigenvalue weighted by Crippen LogP contribution is -2.34. The van der Waals surface area contributed by atoms with Crippen LogP contribution in [0.2, 0.25) is 32.7 Å². The highest BCUT2D eigenvalue weighted by atomic mass is 28.2. The Morgan fingerprint density at radius 3 is 0.628 bits per heavy atom. The van der Waals surface area contributed by atoms with Gasteiger partial charge in [0.1, 0.15) is 56.8 Å². The Balaban J connectivity index is -0.000000121. The number of halogens is 5. The van der Waals surface area contributed by atoms with Crippen LogP contribution in [-0.4, -0.2) is 179 Å². The predicted octanol–water partition coefficient (Wildman–Crippen LogP) is 26.7. The Morgan fingerprint density at radius 1 is 0.256 bits per heavy atom. The van der Waals surface area contributed by atoms with Crippen molar-refractivity contribution in [1.29, 1.82) is 0 Å². The molecule has 0 radical (unpaired) electrons. The van der Waals surface area contributed by atoms with Crippen molar-refractivity contribution in [2.75, 3.05) is 71.4 Å². The zero-order chi connectivity index (χ0) is 96.6. The minimum absolute atomic E-state index is 0.0417. The summed E-state index contributed by atoms with van der Waals surface area (Å²) in [5.41, 5.74) is 0.659. The van der Waals surface area contributed by atoms with Crippen LogP contribution in [0, 0.1) is 0 Å². The Labute approximate surface area is 762 Å². The maximum Gasteiger partial charge on any atom is 0.120 e. The molecule has 0 unspecified atom stereocenters. The third-order valence-electron chi connectivity index (χ3n) is 18.9. The number of rotatable bonds is 19. The van der Waals surface area contributed by atoms with E-state index >= 15 is 0 Å². The molecule has 0 heterocycles. The highest BCUT2D eigenvalue weighted by molar-refractivity contribution is 6.06. The van der Waals surface area contributed by atoms with Crippen LogP contribution in [0.25, 0.3) is 0 Å². The van der Waals surface area contributed by atoms with Gasteiger partial charge in [0.15, 0.2) is 0 Å². The number of methoxy groups -OCH3 is 5. The molecule has 0 bridgehead atoms. The predicted molar refractivity (Wildman–Crippen MR) is 548 cm³/mol. The van der Waals surface area contributed by atoms with Crippen molar-refractivity contribution in [3.8, 4) is 28.7 Å². The summed E-state index contributed by atoms with van der Waals surface area (Å²) in [5.74, 6) is 4.86. The molecular formula is C101H199F5O10Si5. The average Bonchev–Trinajstić information content (AvgIpc) is 1.85. The Kier molecular flexibility index (Phi) is 104. The molecule has 10 nitrogen and oxygen atoms in total. The Morgan fingerprint density at radius 2 is 0.455 bits per heavy atom. The third-order valence-corrected chi connectivity index (χ3v) is 18.9. The van der Waals surface area contributed by atoms with Gasteiger partial charge in [0.25, 0.3) is 0 Å². The highest BCUT2D eigenvalue weighted by Gasteiger charge is 2.32. The lowest BCUT2D eigenvalue weighted by atomic mass is 9.86. The lowest BCUT2D eigenvalue weighted by Gasteiger charge is -2.34. The number of benzene rings is 5. The van der Waals surface area contributed by atoms with E-state index in [0.717, 1.165) is 60.9 Å². The second-order valence-corrected chi connectivity index (χ2v) is 32.9. The molecule has 4 aliphatic rings. The fraction of sp³-hybridized carbons (Fsp3) is 0.703. The van der Waals surface area contributed by atoms with Crippen molar-refractivity contribution in [1.82, 2.24) is 0 Å². The van der Waals surface area contributed by atoms with E-state index in [1.54, 1.807) is 21.3 Å². The molecule has 0 amide bonds. The molecule has 0 spiro atoms. The van der Waals surface area contributed by atoms with E-state index in [1.807, 2.05) is 207 Å². The number of para-hydroxylation sites is 5. The molecule has 0 aliphatic heterocycles. The molecule has 9 rings (SSSR count). The van der Waals surface area contributed by atoms with E-state index in [0.29, 0.717) is 35.9 Å². The smallest absolute Gasteiger partial charge is 0.120 e. The molecular weight excluding hydrogens is 1610 g/mol. The van der Waals surface area contributed by atoms with E-state index in [1.165, 1.54) is 173 Å². The highest BCUT2D eigenvalue weighted by Crippen LogP contribution is 2.36. The largest absolute Gasteiger partial charge is 0.488 e. The van der Waals surface area contributed by atoms with Gasteiger partial charge in [0, 0.05) is 35.5 Å². The van der Waals surface area contributed by atoms with Crippen LogP contribution in [0.5, 0.6) is 28.7 Å². The average molecular weight is 1810 g/mol. The summed E-state index contributed by atoms with van der Waals surface area (Å²) in [6.07, 6.45) is 29.9. The van der Waals surface area contributed by atoms with Crippen LogP contribution in [-0.2, 0) is 23.7 Å². The minimum atomic E-state index is -0.0959. The maximum absolute atomic E-state index is 9.50. The summed E-state index contributed by atoms with van der Waals surface area (Å²) in [4.78, 5) is 0. The van der Waals surface area contributed by atoms with Gasteiger partial charge in [0.05, 0.1) is 63.9 Å². The van der Waals surface area contributed by atoms with Crippen molar-refractivity contribution >= 4 is 51.2 Å². The monoisotopic (exact) mass is 1810 g/mol. The standard InChI is InChI=1S/C13H18O.C12H16O.C12H18O.C11H16O.C10H14O.C8H16O.C7H14O.C7H16O.C6H14O.C5H12O.5CH3F.5CH6Si/c1-13(10-6-3-7-11-13)14-12-8-4-2-5-9-12;1-12(9-5-6-10-12)13-11-7-3-2-4-8-11;1-4-10-12(2,3)13-11-8-6-5-7-9-11;1-4-11(2,3)12-10-8-6-5-7-9-10;1-10(2,3)11-9-7-5-4-6-8-9;1-8(9-2)6-4-3-5-7-8;1-7(8-2)5-3-4-6-7;1-5-6-7(2,3)8-4;1-5-6(2,3)7-4;1-5(2,3)6-4;10*1-2/h2,4-5,8-9H,3,6-7,10-11H2,1H3;2-4,7-8H,5-6,9-10H2,1H3;5-9H,4,10H2,1-3H3;5-9H,4H2,1-3H3;4-8H,1-3H3;3-7H2,1-2H3;3-6H2,1-2H3;5-6H2,1-4H3;5H2,1-4H3;1-4H3;5*1H3;5*1-2H3. The quantitative estimate of drug-likeness (QED) is 0.0588. The van der Waals surface area contributed by atoms with Crippen LogP contribution in [0.1, 0.15) is 306 Å². The molecule has 5 aromatic carbocycles. The number of hydrogen-bond donors (Lipinski definition) is 0. The Bertz CT molecular complexity index is 2730. The molecule has 121 heavy (non-hydrogen) atoms. The van der Waals surface area contributed by atoms with Crippen molar-refractivity contribution < 1.29 is 69.3 Å². The summed E-state index contributed by atoms with van der Waals surface area (Å²) in [7, 11) is 17.9. The van der Waals surface area contributed by atoms with Crippen LogP contribution in [0.3, 0.4) is 0 Å². The summed E-state index contributed by atoms with van der Waals surface area (Å²) >= 11 is 0. The van der Waals surface area contributed by atoms with Gasteiger partial charge in [-0.3, -0.25) is 22.0 Å². The third kappa shape index (κ3) is 91.7. The molecule has 0 N–H and O–H groups in total. The van der Waals surface area contributed by atoms with Gasteiger partial charge in [-0.15, -0.1) is 0 Å². The Hall–Kier alpha value is -4.37. The van der Waals surface area contributed by atoms with Gasteiger partial charge in [0.2, 0.25) is 0 Å². The van der Waals surface area contributed by atoms with E-state index in [-0.39, 0.29) is 56.0 Å². The van der Waals surface area contributed by atoms with Crippen LogP contribution < -0.4 is 23.7 Å². The molecule has 4 saturated carbocycles. The zero-order valence-electron chi connectivity index (χ0n) is 86.9. The topological polar surface area (TPSA) is 92.3 Å². The first kappa shape index (κ1) is 140. The molecule has 5 aromatic rings. The fourth-order valence-electron chi connectivity index (χ4n) is 11.0. The number of hydrogen-bond acceptors (Lipinski definition) is 10. The second kappa shape index (κ2) is 90.4. The molecule has 0 aromatic heterocycles. The molecule has 4 fully saturated rings. The number of alkyl halides is 5. The first-order valence-corrected chi connectivity index (χ1v) is 55.6. The van der Waals surface area contributed by atoms with Gasteiger partial charge < -0.3 is 47.4 Å². The molecule has 718 valence electrons. The molecule has 0 atom stereocenters. The van der Waals surface area contributed by atoms with Crippen LogP contribution in [0.15, 0.2) is 152 Å². The van der Waals surface area contributed by atoms with E-state index in [2.05, 4.69) is 144 Å². The van der Waals surface area contributed by atoms with Gasteiger partial charge in [-0.25, -0.2) is 0 Å². The van der Waals surface area contributed by atoms with Crippen molar-refractivity contribution in [2.45, 2.75) is 395 Å². The van der Waals surface area contributed by atoms with E-state index < -0.39 is 0 Å². The maximum atomic E-state index is 9.50. The summed E-state index contributed by atoms with van der Waals surface area (Å²) in [6.45, 7) is 57.1. The van der Waals surface area contributed by atoms with E-state index in [9.17, 15) is 22.0 Å². The fourth-order valence-corrected chi connectivity index (χ4v) is 11.0. The van der Waals surface area contributed by atoms with Crippen LogP contribution >= 0.6 is 0 Å². The van der Waals surface area contributed by atoms with Gasteiger partial charge >= 0.3 is 0 Å². The van der Waals surface area contributed by atoms with Crippen LogP contribution in [0.4, 0.5) is 22.0 Å². The minimum Gasteiger partial charge on any atom is -0.488 e. The summed E-state index contributed by atoms with van der Waals surface area (Å²) in [5, 5.41) is 0. The lowest BCUT2D eigenvalue weighted by molar-refractivity contribution is -0.0232. The van der Waals surface area contributed by atoms with Gasteiger partial charge in [-0.2, -0.15) is 0 Å². The number of ether oxygens (including phenoxy) is 10. The first-order valence-electron chi connectivity index (χ1n) is 45.6. The first-order chi connectivity index (χ1) is 57.3. The second-order valence-electron chi connectivity index (χ2n) is 32.9. The van der Waals surface area contributed by atoms with Crippen molar-refractivity contribution in [3.05, 3.63) is 152 Å². The molecule has 4 aliphatic carbocycles. The normalized spacial score (nSPS) is 14.2. The summed E-state index contributed by atoms with van der Waals surface area (Å²) < 4.78 is 103. The van der Waals surface area contributed by atoms with Gasteiger partial charge in [-0.1, -0.05) is 203 Å². The molecule has 20 heteroatoms. The van der Waals surface area contributed by atoms with Gasteiger partial charge in [-0.05, 0) is 339 Å². The van der Waals surface area contributed by atoms with Crippen molar-refractivity contribution in [3.63, 3.8) is 0 Å². The zero-order valence-corrected chi connectivity index (χ0v) is 96.9. The van der Waals surface area contributed by atoms with E-state index in [4.69, 9.17) is 47.4 Å². The molecule has 0 saturated heterocycles. The SMILES string of the molecule is CC(C)(C)Oc1ccccc1.CC1(Oc2ccccc2)CCCC1.CC1(Oc2ccccc2)CCCCC1.CCC(C)(C)OC.CCC(C)(C)Oc1ccccc1.CCCC(C)(C)OC.CCCC(C)(C)Oc1ccccc1.CF.CF.CF.CF.CF.COC(C)(C)C.COC1(C)CCCC1.COC1(C)CCCCC1.C[SiH3].C[SiH3].C[SiH3].C[SiH3].C[SiH3]. The summed E-state index contributed by atoms with van der Waals surface area (Å²) in [6, 6.07) is 50.1. The van der Waals surface area contributed by atoms with Crippen molar-refractivity contribution in [2.24, 2.45) is 0 Å².